The van der Waals surface area contributed by atoms with Crippen molar-refractivity contribution in [3.63, 3.8) is 0 Å². The summed E-state index contributed by atoms with van der Waals surface area (Å²) < 4.78 is 11.7. The molecule has 0 bridgehead atoms. The van der Waals surface area contributed by atoms with E-state index in [2.05, 4.69) is 29.0 Å². The third-order valence-electron chi connectivity index (χ3n) is 6.68. The van der Waals surface area contributed by atoms with Gasteiger partial charge in [0.05, 0.1) is 25.6 Å². The van der Waals surface area contributed by atoms with Gasteiger partial charge in [-0.25, -0.2) is 9.97 Å². The van der Waals surface area contributed by atoms with Crippen LogP contribution in [0.3, 0.4) is 0 Å². The van der Waals surface area contributed by atoms with E-state index in [0.29, 0.717) is 12.4 Å². The van der Waals surface area contributed by atoms with Gasteiger partial charge in [-0.2, -0.15) is 0 Å². The highest BCUT2D eigenvalue weighted by molar-refractivity contribution is 5.56. The van der Waals surface area contributed by atoms with E-state index in [1.54, 1.807) is 12.4 Å². The van der Waals surface area contributed by atoms with Crippen molar-refractivity contribution in [3.05, 3.63) is 48.8 Å². The Kier molecular flexibility index (Phi) is 12.6. The maximum absolute atomic E-state index is 5.92. The number of ether oxygens (including phenoxy) is 2. The van der Waals surface area contributed by atoms with Gasteiger partial charge in [-0.3, -0.25) is 0 Å². The molecule has 0 amide bonds. The predicted molar refractivity (Wildman–Crippen MR) is 141 cm³/mol. The molecule has 0 radical (unpaired) electrons. The molecule has 2 aromatic rings. The van der Waals surface area contributed by atoms with Crippen molar-refractivity contribution in [1.82, 2.24) is 9.97 Å². The third-order valence-corrected chi connectivity index (χ3v) is 6.68. The minimum atomic E-state index is 0.704. The second-order valence-electron chi connectivity index (χ2n) is 9.55. The maximum atomic E-state index is 5.92. The average molecular weight is 465 g/mol. The summed E-state index contributed by atoms with van der Waals surface area (Å²) >= 11 is 0. The van der Waals surface area contributed by atoms with Gasteiger partial charge in [0, 0.05) is 5.56 Å². The van der Waals surface area contributed by atoms with Crippen molar-refractivity contribution in [1.29, 1.82) is 0 Å². The molecule has 1 fully saturated rings. The van der Waals surface area contributed by atoms with Gasteiger partial charge in [0.2, 0.25) is 0 Å². The lowest BCUT2D eigenvalue weighted by molar-refractivity contribution is 0.304. The Morgan fingerprint density at radius 1 is 0.765 bits per heavy atom. The molecule has 186 valence electrons. The normalized spacial score (nSPS) is 14.1. The molecular formula is C30H44N2O2. The molecule has 4 heteroatoms. The van der Waals surface area contributed by atoms with Crippen LogP contribution in [0.2, 0.25) is 0 Å². The summed E-state index contributed by atoms with van der Waals surface area (Å²) in [6.07, 6.45) is 26.3. The minimum absolute atomic E-state index is 0.704. The van der Waals surface area contributed by atoms with Gasteiger partial charge < -0.3 is 9.47 Å². The molecule has 0 aliphatic heterocycles. The lowest BCUT2D eigenvalue weighted by Gasteiger charge is -2.09. The van der Waals surface area contributed by atoms with Crippen LogP contribution in [-0.2, 0) is 0 Å². The van der Waals surface area contributed by atoms with Gasteiger partial charge in [0.25, 0.3) is 0 Å². The van der Waals surface area contributed by atoms with Gasteiger partial charge in [-0.1, -0.05) is 76.9 Å². The Labute approximate surface area is 207 Å². The topological polar surface area (TPSA) is 44.2 Å². The van der Waals surface area contributed by atoms with Crippen molar-refractivity contribution in [2.45, 2.75) is 96.8 Å². The quantitative estimate of drug-likeness (QED) is 0.174. The Hall–Kier alpha value is -2.36. The molecule has 34 heavy (non-hydrogen) atoms. The van der Waals surface area contributed by atoms with Gasteiger partial charge in [0.15, 0.2) is 11.6 Å². The SMILES string of the molecule is CC/C=C\CCCCOc1cnc(-c2ccc(OCCCCCCCC3CCCC3)cc2)nc1. The van der Waals surface area contributed by atoms with E-state index >= 15 is 0 Å². The van der Waals surface area contributed by atoms with E-state index in [4.69, 9.17) is 9.47 Å². The number of unbranched alkanes of at least 4 members (excludes halogenated alkanes) is 6. The Morgan fingerprint density at radius 3 is 2.15 bits per heavy atom. The van der Waals surface area contributed by atoms with Gasteiger partial charge in [-0.05, 0) is 62.3 Å². The van der Waals surface area contributed by atoms with Crippen LogP contribution >= 0.6 is 0 Å². The van der Waals surface area contributed by atoms with E-state index in [9.17, 15) is 0 Å². The zero-order chi connectivity index (χ0) is 23.7. The van der Waals surface area contributed by atoms with Crippen LogP contribution in [0.5, 0.6) is 11.5 Å². The van der Waals surface area contributed by atoms with Gasteiger partial charge in [-0.15, -0.1) is 0 Å². The summed E-state index contributed by atoms with van der Waals surface area (Å²) in [7, 11) is 0. The first kappa shape index (κ1) is 26.2. The van der Waals surface area contributed by atoms with Crippen LogP contribution in [0.25, 0.3) is 11.4 Å². The molecule has 1 aliphatic rings. The van der Waals surface area contributed by atoms with Crippen LogP contribution in [0, 0.1) is 5.92 Å². The first-order valence-electron chi connectivity index (χ1n) is 13.7. The van der Waals surface area contributed by atoms with Crippen LogP contribution in [-0.4, -0.2) is 23.2 Å². The molecule has 1 aliphatic carbocycles. The van der Waals surface area contributed by atoms with Crippen molar-refractivity contribution in [2.24, 2.45) is 5.92 Å². The minimum Gasteiger partial charge on any atom is -0.494 e. The third kappa shape index (κ3) is 10.3. The standard InChI is InChI=1S/C30H44N2O2/c1-2-3-4-5-8-14-23-34-29-24-31-30(32-25-29)27-18-20-28(21-19-27)33-22-13-9-6-7-10-15-26-16-11-12-17-26/h3-4,18-21,24-26H,2,5-17,22-23H2,1H3/b4-3-. The Morgan fingerprint density at radius 2 is 1.41 bits per heavy atom. The zero-order valence-electron chi connectivity index (χ0n) is 21.2. The van der Waals surface area contributed by atoms with Crippen LogP contribution in [0.1, 0.15) is 96.8 Å². The van der Waals surface area contributed by atoms with E-state index < -0.39 is 0 Å². The Balaban J connectivity index is 1.26. The lowest BCUT2D eigenvalue weighted by Crippen LogP contribution is -1.99. The van der Waals surface area contributed by atoms with E-state index in [1.165, 1.54) is 57.8 Å². The number of aromatic nitrogens is 2. The molecule has 4 nitrogen and oxygen atoms in total. The largest absolute Gasteiger partial charge is 0.494 e. The number of benzene rings is 1. The monoisotopic (exact) mass is 464 g/mol. The van der Waals surface area contributed by atoms with E-state index in [0.717, 1.165) is 61.7 Å². The molecule has 1 aromatic carbocycles. The lowest BCUT2D eigenvalue weighted by atomic mass is 9.99. The molecule has 0 spiro atoms. The molecule has 0 atom stereocenters. The predicted octanol–water partition coefficient (Wildman–Crippen LogP) is 8.57. The molecule has 3 rings (SSSR count). The van der Waals surface area contributed by atoms with E-state index in [-0.39, 0.29) is 0 Å². The molecule has 0 N–H and O–H groups in total. The first-order chi connectivity index (χ1) is 16.8. The fourth-order valence-electron chi connectivity index (χ4n) is 4.63. The van der Waals surface area contributed by atoms with Crippen molar-refractivity contribution in [3.8, 4) is 22.9 Å². The van der Waals surface area contributed by atoms with Crippen molar-refractivity contribution < 1.29 is 9.47 Å². The first-order valence-corrected chi connectivity index (χ1v) is 13.7. The summed E-state index contributed by atoms with van der Waals surface area (Å²) in [5.74, 6) is 3.39. The summed E-state index contributed by atoms with van der Waals surface area (Å²) in [6, 6.07) is 8.07. The van der Waals surface area contributed by atoms with Crippen LogP contribution in [0.4, 0.5) is 0 Å². The smallest absolute Gasteiger partial charge is 0.159 e. The summed E-state index contributed by atoms with van der Waals surface area (Å²) in [5, 5.41) is 0. The van der Waals surface area contributed by atoms with Crippen LogP contribution < -0.4 is 9.47 Å². The number of rotatable bonds is 17. The fraction of sp³-hybridized carbons (Fsp3) is 0.600. The number of hydrogen-bond acceptors (Lipinski definition) is 4. The Bertz CT molecular complexity index is 796. The van der Waals surface area contributed by atoms with E-state index in [1.807, 2.05) is 24.3 Å². The molecule has 0 unspecified atom stereocenters. The molecule has 0 saturated heterocycles. The maximum Gasteiger partial charge on any atom is 0.159 e. The fourth-order valence-corrected chi connectivity index (χ4v) is 4.63. The molecule has 1 aromatic heterocycles. The van der Waals surface area contributed by atoms with Gasteiger partial charge in [0.1, 0.15) is 5.75 Å². The highest BCUT2D eigenvalue weighted by atomic mass is 16.5. The van der Waals surface area contributed by atoms with Gasteiger partial charge >= 0.3 is 0 Å². The summed E-state index contributed by atoms with van der Waals surface area (Å²) in [4.78, 5) is 8.93. The average Bonchev–Trinajstić information content (AvgIpc) is 3.39. The van der Waals surface area contributed by atoms with Crippen molar-refractivity contribution >= 4 is 0 Å². The van der Waals surface area contributed by atoms with Crippen molar-refractivity contribution in [2.75, 3.05) is 13.2 Å². The second kappa shape index (κ2) is 16.3. The number of hydrogen-bond donors (Lipinski definition) is 0. The zero-order valence-corrected chi connectivity index (χ0v) is 21.2. The number of nitrogens with zero attached hydrogens (tertiary/aromatic N) is 2. The molecular weight excluding hydrogens is 420 g/mol. The highest BCUT2D eigenvalue weighted by Crippen LogP contribution is 2.29. The molecule has 1 heterocycles. The summed E-state index contributed by atoms with van der Waals surface area (Å²) in [5.41, 5.74) is 0.990. The second-order valence-corrected chi connectivity index (χ2v) is 9.55. The highest BCUT2D eigenvalue weighted by Gasteiger charge is 2.13. The van der Waals surface area contributed by atoms with Crippen LogP contribution in [0.15, 0.2) is 48.8 Å². The summed E-state index contributed by atoms with van der Waals surface area (Å²) in [6.45, 7) is 3.65. The molecule has 1 saturated carbocycles. The number of allylic oxidation sites excluding steroid dienone is 2.